The SMILES string of the molecule is CCNC(C)(C)C(=O)Cc1c(Cl)c(C)nn1C. The number of rotatable bonds is 5. The van der Waals surface area contributed by atoms with E-state index in [-0.39, 0.29) is 5.78 Å². The monoisotopic (exact) mass is 257 g/mol. The van der Waals surface area contributed by atoms with Gasteiger partial charge in [-0.25, -0.2) is 0 Å². The van der Waals surface area contributed by atoms with Gasteiger partial charge in [0.1, 0.15) is 0 Å². The lowest BCUT2D eigenvalue weighted by Gasteiger charge is -2.24. The summed E-state index contributed by atoms with van der Waals surface area (Å²) in [5.41, 5.74) is 1.01. The Morgan fingerprint density at radius 1 is 1.53 bits per heavy atom. The first kappa shape index (κ1) is 14.2. The molecule has 4 nitrogen and oxygen atoms in total. The van der Waals surface area contributed by atoms with Crippen molar-refractivity contribution in [1.82, 2.24) is 15.1 Å². The van der Waals surface area contributed by atoms with Crippen LogP contribution in [0.4, 0.5) is 0 Å². The Kier molecular flexibility index (Phi) is 4.33. The van der Waals surface area contributed by atoms with Crippen LogP contribution in [0.1, 0.15) is 32.2 Å². The van der Waals surface area contributed by atoms with Crippen molar-refractivity contribution in [2.45, 2.75) is 39.7 Å². The number of carbonyl (C=O) groups is 1. The van der Waals surface area contributed by atoms with Crippen LogP contribution in [0.15, 0.2) is 0 Å². The Labute approximate surface area is 107 Å². The van der Waals surface area contributed by atoms with Crippen LogP contribution in [0.3, 0.4) is 0 Å². The molecule has 17 heavy (non-hydrogen) atoms. The van der Waals surface area contributed by atoms with Crippen molar-refractivity contribution in [3.63, 3.8) is 0 Å². The molecule has 0 aliphatic rings. The van der Waals surface area contributed by atoms with Crippen molar-refractivity contribution in [2.75, 3.05) is 6.54 Å². The molecule has 0 aliphatic carbocycles. The number of hydrogen-bond acceptors (Lipinski definition) is 3. The summed E-state index contributed by atoms with van der Waals surface area (Å²) in [6.07, 6.45) is 0.302. The Hall–Kier alpha value is -0.870. The standard InChI is InChI=1S/C12H20ClN3O/c1-6-14-12(3,4)10(17)7-9-11(13)8(2)15-16(9)5/h14H,6-7H2,1-5H3. The van der Waals surface area contributed by atoms with Crippen LogP contribution in [0.2, 0.25) is 5.02 Å². The summed E-state index contributed by atoms with van der Waals surface area (Å²) >= 11 is 6.13. The van der Waals surface area contributed by atoms with E-state index < -0.39 is 5.54 Å². The fourth-order valence-corrected chi connectivity index (χ4v) is 2.01. The van der Waals surface area contributed by atoms with Gasteiger partial charge in [0.05, 0.1) is 28.4 Å². The molecule has 0 spiro atoms. The van der Waals surface area contributed by atoms with Gasteiger partial charge in [-0.05, 0) is 27.3 Å². The third-order valence-corrected chi connectivity index (χ3v) is 3.40. The second-order valence-electron chi connectivity index (χ2n) is 4.72. The summed E-state index contributed by atoms with van der Waals surface area (Å²) in [5, 5.41) is 7.96. The highest BCUT2D eigenvalue weighted by molar-refractivity contribution is 6.32. The lowest BCUT2D eigenvalue weighted by Crippen LogP contribution is -2.47. The van der Waals surface area contributed by atoms with E-state index in [2.05, 4.69) is 10.4 Å². The normalized spacial score (nSPS) is 11.9. The van der Waals surface area contributed by atoms with Gasteiger partial charge in [-0.3, -0.25) is 9.48 Å². The number of aromatic nitrogens is 2. The number of Topliss-reactive ketones (excluding diaryl/α,β-unsaturated/α-hetero) is 1. The fourth-order valence-electron chi connectivity index (χ4n) is 1.79. The summed E-state index contributed by atoms with van der Waals surface area (Å²) in [6.45, 7) is 8.35. The molecule has 0 saturated heterocycles. The largest absolute Gasteiger partial charge is 0.306 e. The van der Waals surface area contributed by atoms with Gasteiger partial charge < -0.3 is 5.32 Å². The number of halogens is 1. The molecule has 0 aliphatic heterocycles. The van der Waals surface area contributed by atoms with Gasteiger partial charge in [-0.1, -0.05) is 18.5 Å². The fraction of sp³-hybridized carbons (Fsp3) is 0.667. The second kappa shape index (κ2) is 5.19. The molecule has 1 N–H and O–H groups in total. The molecule has 0 aromatic carbocycles. The molecular weight excluding hydrogens is 238 g/mol. The molecule has 0 atom stereocenters. The zero-order valence-corrected chi connectivity index (χ0v) is 11.9. The molecule has 0 unspecified atom stereocenters. The van der Waals surface area contributed by atoms with E-state index in [0.29, 0.717) is 11.4 Å². The minimum Gasteiger partial charge on any atom is -0.306 e. The smallest absolute Gasteiger partial charge is 0.158 e. The quantitative estimate of drug-likeness (QED) is 0.876. The van der Waals surface area contributed by atoms with Gasteiger partial charge in [0, 0.05) is 7.05 Å². The summed E-state index contributed by atoms with van der Waals surface area (Å²) in [5.74, 6) is 0.115. The first-order valence-corrected chi connectivity index (χ1v) is 6.13. The summed E-state index contributed by atoms with van der Waals surface area (Å²) < 4.78 is 1.68. The molecule has 1 aromatic rings. The van der Waals surface area contributed by atoms with Crippen molar-refractivity contribution in [2.24, 2.45) is 7.05 Å². The van der Waals surface area contributed by atoms with E-state index in [1.54, 1.807) is 4.68 Å². The van der Waals surface area contributed by atoms with E-state index in [1.165, 1.54) is 0 Å². The zero-order chi connectivity index (χ0) is 13.2. The highest BCUT2D eigenvalue weighted by atomic mass is 35.5. The maximum Gasteiger partial charge on any atom is 0.158 e. The first-order valence-electron chi connectivity index (χ1n) is 5.76. The van der Waals surface area contributed by atoms with Crippen LogP contribution in [-0.2, 0) is 18.3 Å². The lowest BCUT2D eigenvalue weighted by molar-refractivity contribution is -0.123. The van der Waals surface area contributed by atoms with Crippen LogP contribution in [0.5, 0.6) is 0 Å². The zero-order valence-electron chi connectivity index (χ0n) is 11.1. The number of carbonyl (C=O) groups excluding carboxylic acids is 1. The Bertz CT molecular complexity index is 424. The van der Waals surface area contributed by atoms with Crippen LogP contribution in [0, 0.1) is 6.92 Å². The number of likely N-dealkylation sites (N-methyl/N-ethyl adjacent to an activating group) is 1. The molecule has 0 radical (unpaired) electrons. The minimum absolute atomic E-state index is 0.115. The van der Waals surface area contributed by atoms with Crippen molar-refractivity contribution in [3.05, 3.63) is 16.4 Å². The van der Waals surface area contributed by atoms with Gasteiger partial charge in [0.25, 0.3) is 0 Å². The first-order chi connectivity index (χ1) is 7.79. The van der Waals surface area contributed by atoms with Gasteiger partial charge >= 0.3 is 0 Å². The van der Waals surface area contributed by atoms with Crippen molar-refractivity contribution in [1.29, 1.82) is 0 Å². The van der Waals surface area contributed by atoms with Gasteiger partial charge in [0.15, 0.2) is 5.78 Å². The Morgan fingerprint density at radius 2 is 2.12 bits per heavy atom. The molecule has 5 heteroatoms. The molecule has 0 amide bonds. The van der Waals surface area contributed by atoms with Crippen LogP contribution >= 0.6 is 11.6 Å². The van der Waals surface area contributed by atoms with Crippen molar-refractivity contribution in [3.8, 4) is 0 Å². The number of nitrogens with zero attached hydrogens (tertiary/aromatic N) is 2. The van der Waals surface area contributed by atoms with Crippen molar-refractivity contribution < 1.29 is 4.79 Å². The Balaban J connectivity index is 2.88. The topological polar surface area (TPSA) is 46.9 Å². The highest BCUT2D eigenvalue weighted by Gasteiger charge is 2.28. The number of nitrogens with one attached hydrogen (secondary N) is 1. The third kappa shape index (κ3) is 3.07. The third-order valence-electron chi connectivity index (χ3n) is 2.91. The molecule has 0 saturated carbocycles. The predicted molar refractivity (Wildman–Crippen MR) is 69.4 cm³/mol. The van der Waals surface area contributed by atoms with Crippen LogP contribution < -0.4 is 5.32 Å². The lowest BCUT2D eigenvalue weighted by atomic mass is 9.95. The van der Waals surface area contributed by atoms with E-state index in [9.17, 15) is 4.79 Å². The van der Waals surface area contributed by atoms with E-state index in [4.69, 9.17) is 11.6 Å². The van der Waals surface area contributed by atoms with Gasteiger partial charge in [-0.15, -0.1) is 0 Å². The average molecular weight is 258 g/mol. The second-order valence-corrected chi connectivity index (χ2v) is 5.10. The average Bonchev–Trinajstić information content (AvgIpc) is 2.45. The molecule has 1 aromatic heterocycles. The predicted octanol–water partition coefficient (Wildman–Crippen LogP) is 1.88. The molecule has 0 bridgehead atoms. The maximum atomic E-state index is 12.2. The summed E-state index contributed by atoms with van der Waals surface area (Å²) in [7, 11) is 1.81. The number of hydrogen-bond donors (Lipinski definition) is 1. The van der Waals surface area contributed by atoms with E-state index in [0.717, 1.165) is 17.9 Å². The molecule has 1 rings (SSSR count). The van der Waals surface area contributed by atoms with Crippen LogP contribution in [-0.4, -0.2) is 27.6 Å². The van der Waals surface area contributed by atoms with Crippen molar-refractivity contribution >= 4 is 17.4 Å². The van der Waals surface area contributed by atoms with E-state index >= 15 is 0 Å². The molecule has 0 fully saturated rings. The molecular formula is C12H20ClN3O. The minimum atomic E-state index is -0.531. The number of aryl methyl sites for hydroxylation is 2. The number of ketones is 1. The maximum absolute atomic E-state index is 12.2. The molecule has 96 valence electrons. The Morgan fingerprint density at radius 3 is 2.53 bits per heavy atom. The van der Waals surface area contributed by atoms with Crippen LogP contribution in [0.25, 0.3) is 0 Å². The summed E-state index contributed by atoms with van der Waals surface area (Å²) in [4.78, 5) is 12.2. The summed E-state index contributed by atoms with van der Waals surface area (Å²) in [6, 6.07) is 0. The van der Waals surface area contributed by atoms with E-state index in [1.807, 2.05) is 34.7 Å². The molecule has 1 heterocycles. The van der Waals surface area contributed by atoms with Gasteiger partial charge in [-0.2, -0.15) is 5.10 Å². The highest BCUT2D eigenvalue weighted by Crippen LogP contribution is 2.21. The van der Waals surface area contributed by atoms with Gasteiger partial charge in [0.2, 0.25) is 0 Å².